The number of rotatable bonds is 4. The zero-order valence-electron chi connectivity index (χ0n) is 13.1. The van der Waals surface area contributed by atoms with Gasteiger partial charge in [-0.1, -0.05) is 31.2 Å². The number of benzene rings is 2. The Balaban J connectivity index is 2.28. The Kier molecular flexibility index (Phi) is 3.73. The van der Waals surface area contributed by atoms with Crippen LogP contribution in [0.5, 0.6) is 0 Å². The van der Waals surface area contributed by atoms with Crippen molar-refractivity contribution in [2.75, 3.05) is 6.54 Å². The number of hydrogen-bond acceptors (Lipinski definition) is 1. The summed E-state index contributed by atoms with van der Waals surface area (Å²) in [6.45, 7) is 7.50. The maximum absolute atomic E-state index is 5.71. The van der Waals surface area contributed by atoms with Crippen LogP contribution in [-0.2, 0) is 0 Å². The van der Waals surface area contributed by atoms with E-state index < -0.39 is 0 Å². The summed E-state index contributed by atoms with van der Waals surface area (Å²) in [5, 5.41) is 2.71. The molecule has 0 saturated carbocycles. The molecule has 0 aliphatic heterocycles. The number of fused-ring (bicyclic) bond motifs is 3. The second-order valence-corrected chi connectivity index (χ2v) is 6.24. The quantitative estimate of drug-likeness (QED) is 0.729. The number of hydrogen-bond donors (Lipinski definition) is 1. The standard InChI is InChI=1S/C19H24N2/c1-13(2)21-18-7-5-4-6-16(18)17-12-15(8-9-19(17)21)14(3)10-11-20/h4-9,12-14H,10-11,20H2,1-3H3. The van der Waals surface area contributed by atoms with Gasteiger partial charge in [-0.25, -0.2) is 0 Å². The normalized spacial score (nSPS) is 13.4. The molecule has 1 atom stereocenters. The van der Waals surface area contributed by atoms with Crippen LogP contribution in [0.1, 0.15) is 44.7 Å². The summed E-state index contributed by atoms with van der Waals surface area (Å²) in [6, 6.07) is 16.1. The van der Waals surface area contributed by atoms with E-state index >= 15 is 0 Å². The molecule has 2 nitrogen and oxygen atoms in total. The molecular formula is C19H24N2. The maximum atomic E-state index is 5.71. The number of nitrogens with two attached hydrogens (primary N) is 1. The van der Waals surface area contributed by atoms with Crippen LogP contribution in [0.2, 0.25) is 0 Å². The van der Waals surface area contributed by atoms with Crippen molar-refractivity contribution in [2.24, 2.45) is 5.73 Å². The van der Waals surface area contributed by atoms with Gasteiger partial charge in [-0.2, -0.15) is 0 Å². The molecule has 0 spiro atoms. The van der Waals surface area contributed by atoms with Crippen LogP contribution in [0, 0.1) is 0 Å². The third kappa shape index (κ3) is 2.34. The molecule has 1 aromatic heterocycles. The minimum absolute atomic E-state index is 0.458. The second-order valence-electron chi connectivity index (χ2n) is 6.24. The Morgan fingerprint density at radius 2 is 1.67 bits per heavy atom. The Labute approximate surface area is 126 Å². The van der Waals surface area contributed by atoms with Crippen molar-refractivity contribution >= 4 is 21.8 Å². The Morgan fingerprint density at radius 3 is 2.38 bits per heavy atom. The highest BCUT2D eigenvalue weighted by molar-refractivity contribution is 6.08. The molecule has 2 heteroatoms. The third-order valence-corrected chi connectivity index (χ3v) is 4.42. The van der Waals surface area contributed by atoms with Crippen LogP contribution >= 0.6 is 0 Å². The van der Waals surface area contributed by atoms with Gasteiger partial charge in [-0.05, 0) is 56.5 Å². The smallest absolute Gasteiger partial charge is 0.0493 e. The Hall–Kier alpha value is -1.80. The summed E-state index contributed by atoms with van der Waals surface area (Å²) < 4.78 is 2.43. The molecule has 3 aromatic rings. The SMILES string of the molecule is CC(CCN)c1ccc2c(c1)c1ccccc1n2C(C)C. The third-order valence-electron chi connectivity index (χ3n) is 4.42. The average molecular weight is 280 g/mol. The van der Waals surface area contributed by atoms with Crippen molar-refractivity contribution in [3.63, 3.8) is 0 Å². The topological polar surface area (TPSA) is 30.9 Å². The van der Waals surface area contributed by atoms with Crippen molar-refractivity contribution < 1.29 is 0 Å². The lowest BCUT2D eigenvalue weighted by atomic mass is 9.96. The summed E-state index contributed by atoms with van der Waals surface area (Å²) in [7, 11) is 0. The van der Waals surface area contributed by atoms with E-state index in [1.165, 1.54) is 27.4 Å². The van der Waals surface area contributed by atoms with Crippen LogP contribution in [-0.4, -0.2) is 11.1 Å². The fourth-order valence-electron chi connectivity index (χ4n) is 3.30. The molecule has 1 unspecified atom stereocenters. The van der Waals surface area contributed by atoms with E-state index in [-0.39, 0.29) is 0 Å². The molecule has 0 bridgehead atoms. The zero-order valence-corrected chi connectivity index (χ0v) is 13.1. The first-order valence-corrected chi connectivity index (χ1v) is 7.86. The number of aromatic nitrogens is 1. The first-order chi connectivity index (χ1) is 10.1. The highest BCUT2D eigenvalue weighted by Crippen LogP contribution is 2.34. The fourth-order valence-corrected chi connectivity index (χ4v) is 3.30. The highest BCUT2D eigenvalue weighted by Gasteiger charge is 2.14. The molecule has 21 heavy (non-hydrogen) atoms. The van der Waals surface area contributed by atoms with Crippen molar-refractivity contribution in [2.45, 2.75) is 39.2 Å². The molecule has 2 aromatic carbocycles. The van der Waals surface area contributed by atoms with Gasteiger partial charge in [0.2, 0.25) is 0 Å². The summed E-state index contributed by atoms with van der Waals surface area (Å²) in [5.41, 5.74) is 9.75. The van der Waals surface area contributed by atoms with Gasteiger partial charge in [0.15, 0.2) is 0 Å². The first-order valence-electron chi connectivity index (χ1n) is 7.86. The van der Waals surface area contributed by atoms with Crippen LogP contribution in [0.3, 0.4) is 0 Å². The molecule has 1 heterocycles. The van der Waals surface area contributed by atoms with E-state index in [9.17, 15) is 0 Å². The Morgan fingerprint density at radius 1 is 0.952 bits per heavy atom. The summed E-state index contributed by atoms with van der Waals surface area (Å²) in [6.07, 6.45) is 1.04. The van der Waals surface area contributed by atoms with Gasteiger partial charge < -0.3 is 10.3 Å². The van der Waals surface area contributed by atoms with Gasteiger partial charge in [-0.15, -0.1) is 0 Å². The van der Waals surface area contributed by atoms with E-state index in [2.05, 4.69) is 67.8 Å². The summed E-state index contributed by atoms with van der Waals surface area (Å²) >= 11 is 0. The average Bonchev–Trinajstić information content (AvgIpc) is 2.81. The molecule has 110 valence electrons. The predicted octanol–water partition coefficient (Wildman–Crippen LogP) is 4.83. The molecule has 0 fully saturated rings. The van der Waals surface area contributed by atoms with E-state index in [0.29, 0.717) is 12.0 Å². The van der Waals surface area contributed by atoms with Crippen molar-refractivity contribution in [1.82, 2.24) is 4.57 Å². The van der Waals surface area contributed by atoms with Gasteiger partial charge >= 0.3 is 0 Å². The van der Waals surface area contributed by atoms with Crippen LogP contribution in [0.4, 0.5) is 0 Å². The van der Waals surface area contributed by atoms with Gasteiger partial charge in [0, 0.05) is 27.8 Å². The first kappa shape index (κ1) is 14.2. The second kappa shape index (κ2) is 5.53. The van der Waals surface area contributed by atoms with Crippen molar-refractivity contribution in [3.8, 4) is 0 Å². The molecule has 0 aliphatic carbocycles. The number of nitrogens with zero attached hydrogens (tertiary/aromatic N) is 1. The number of para-hydroxylation sites is 1. The Bertz CT molecular complexity index is 768. The van der Waals surface area contributed by atoms with Crippen LogP contribution in [0.25, 0.3) is 21.8 Å². The maximum Gasteiger partial charge on any atom is 0.0493 e. The summed E-state index contributed by atoms with van der Waals surface area (Å²) in [5.74, 6) is 0.514. The highest BCUT2D eigenvalue weighted by atomic mass is 15.0. The van der Waals surface area contributed by atoms with E-state index in [1.807, 2.05) is 0 Å². The van der Waals surface area contributed by atoms with E-state index in [1.54, 1.807) is 0 Å². The molecule has 0 aliphatic rings. The molecule has 0 radical (unpaired) electrons. The molecular weight excluding hydrogens is 256 g/mol. The molecule has 2 N–H and O–H groups in total. The lowest BCUT2D eigenvalue weighted by molar-refractivity contribution is 0.642. The van der Waals surface area contributed by atoms with E-state index in [4.69, 9.17) is 5.73 Å². The van der Waals surface area contributed by atoms with Crippen LogP contribution < -0.4 is 5.73 Å². The summed E-state index contributed by atoms with van der Waals surface area (Å²) in [4.78, 5) is 0. The van der Waals surface area contributed by atoms with Gasteiger partial charge in [0.05, 0.1) is 0 Å². The lowest BCUT2D eigenvalue weighted by Crippen LogP contribution is -2.04. The zero-order chi connectivity index (χ0) is 15.0. The minimum Gasteiger partial charge on any atom is -0.338 e. The van der Waals surface area contributed by atoms with Gasteiger partial charge in [-0.3, -0.25) is 0 Å². The monoisotopic (exact) mass is 280 g/mol. The predicted molar refractivity (Wildman–Crippen MR) is 91.9 cm³/mol. The van der Waals surface area contributed by atoms with E-state index in [0.717, 1.165) is 13.0 Å². The van der Waals surface area contributed by atoms with Crippen LogP contribution in [0.15, 0.2) is 42.5 Å². The van der Waals surface area contributed by atoms with Crippen molar-refractivity contribution in [1.29, 1.82) is 0 Å². The largest absolute Gasteiger partial charge is 0.338 e. The minimum atomic E-state index is 0.458. The molecule has 0 amide bonds. The molecule has 0 saturated heterocycles. The molecule has 3 rings (SSSR count). The van der Waals surface area contributed by atoms with Gasteiger partial charge in [0.25, 0.3) is 0 Å². The lowest BCUT2D eigenvalue weighted by Gasteiger charge is -2.13. The van der Waals surface area contributed by atoms with Gasteiger partial charge in [0.1, 0.15) is 0 Å². The van der Waals surface area contributed by atoms with Crippen molar-refractivity contribution in [3.05, 3.63) is 48.0 Å². The fraction of sp³-hybridized carbons (Fsp3) is 0.368.